The summed E-state index contributed by atoms with van der Waals surface area (Å²) in [5.41, 5.74) is 3.32. The number of ether oxygens (including phenoxy) is 1. The first-order chi connectivity index (χ1) is 10.4. The second-order valence-electron chi connectivity index (χ2n) is 4.58. The van der Waals surface area contributed by atoms with Gasteiger partial charge in [0.2, 0.25) is 0 Å². The van der Waals surface area contributed by atoms with Gasteiger partial charge in [0.15, 0.2) is 0 Å². The van der Waals surface area contributed by atoms with Gasteiger partial charge >= 0.3 is 0 Å². The molecule has 1 N–H and O–H groups in total. The Morgan fingerprint density at radius 2 is 2.10 bits per heavy atom. The lowest BCUT2D eigenvalue weighted by Gasteiger charge is -2.09. The smallest absolute Gasteiger partial charge is 0.131 e. The van der Waals surface area contributed by atoms with E-state index < -0.39 is 0 Å². The maximum atomic E-state index is 5.91. The van der Waals surface area contributed by atoms with Crippen LogP contribution in [0.3, 0.4) is 0 Å². The molecule has 0 spiro atoms. The van der Waals surface area contributed by atoms with Gasteiger partial charge in [-0.2, -0.15) is 11.3 Å². The Morgan fingerprint density at radius 1 is 1.19 bits per heavy atom. The molecule has 0 amide bonds. The number of rotatable bonds is 6. The van der Waals surface area contributed by atoms with Crippen LogP contribution in [0.4, 0.5) is 0 Å². The molecule has 0 bridgehead atoms. The number of nitrogens with one attached hydrogen (secondary N) is 1. The van der Waals surface area contributed by atoms with Gasteiger partial charge in [0.25, 0.3) is 0 Å². The van der Waals surface area contributed by atoms with Crippen LogP contribution in [0.2, 0.25) is 0 Å². The molecule has 2 aromatic heterocycles. The monoisotopic (exact) mass is 316 g/mol. The molecule has 108 valence electrons. The lowest BCUT2D eigenvalue weighted by molar-refractivity contribution is 0.298. The summed E-state index contributed by atoms with van der Waals surface area (Å²) in [7, 11) is 1.93. The van der Waals surface area contributed by atoms with Gasteiger partial charge < -0.3 is 10.1 Å². The zero-order valence-electron chi connectivity index (χ0n) is 11.7. The maximum absolute atomic E-state index is 5.91. The molecule has 0 aliphatic rings. The number of benzene rings is 1. The van der Waals surface area contributed by atoms with Crippen molar-refractivity contribution in [3.63, 3.8) is 0 Å². The minimum absolute atomic E-state index is 0.501. The summed E-state index contributed by atoms with van der Waals surface area (Å²) in [4.78, 5) is 4.63. The number of thiazole rings is 1. The molecule has 5 heteroatoms. The van der Waals surface area contributed by atoms with E-state index in [-0.39, 0.29) is 0 Å². The van der Waals surface area contributed by atoms with Crippen LogP contribution < -0.4 is 10.1 Å². The lowest BCUT2D eigenvalue weighted by Crippen LogP contribution is -2.07. The Labute approximate surface area is 132 Å². The van der Waals surface area contributed by atoms with E-state index in [0.29, 0.717) is 6.61 Å². The third-order valence-corrected chi connectivity index (χ3v) is 4.66. The molecule has 0 aliphatic heterocycles. The molecular formula is C16H16N2OS2. The van der Waals surface area contributed by atoms with Gasteiger partial charge in [-0.05, 0) is 24.6 Å². The van der Waals surface area contributed by atoms with Crippen LogP contribution in [-0.4, -0.2) is 12.0 Å². The van der Waals surface area contributed by atoms with Crippen LogP contribution in [-0.2, 0) is 13.2 Å². The van der Waals surface area contributed by atoms with Crippen LogP contribution in [0.5, 0.6) is 5.75 Å². The van der Waals surface area contributed by atoms with Crippen molar-refractivity contribution in [2.24, 2.45) is 0 Å². The van der Waals surface area contributed by atoms with Gasteiger partial charge in [0.05, 0.1) is 5.69 Å². The first-order valence-corrected chi connectivity index (χ1v) is 8.51. The zero-order valence-corrected chi connectivity index (χ0v) is 13.3. The Balaban J connectivity index is 1.68. The summed E-state index contributed by atoms with van der Waals surface area (Å²) >= 11 is 3.35. The highest BCUT2D eigenvalue weighted by molar-refractivity contribution is 7.14. The fraction of sp³-hybridized carbons (Fsp3) is 0.188. The molecule has 0 saturated heterocycles. The Hall–Kier alpha value is -1.69. The molecule has 0 radical (unpaired) electrons. The summed E-state index contributed by atoms with van der Waals surface area (Å²) in [6, 6.07) is 10.2. The number of thiophene rings is 1. The van der Waals surface area contributed by atoms with Gasteiger partial charge in [-0.3, -0.25) is 0 Å². The SMILES string of the molecule is CNCc1ccccc1OCc1csc(-c2ccsc2)n1. The predicted octanol–water partition coefficient (Wildman–Crippen LogP) is 4.17. The Bertz CT molecular complexity index is 692. The van der Waals surface area contributed by atoms with Crippen molar-refractivity contribution in [1.82, 2.24) is 10.3 Å². The number of aromatic nitrogens is 1. The van der Waals surface area contributed by atoms with E-state index in [1.54, 1.807) is 22.7 Å². The molecule has 1 aromatic carbocycles. The van der Waals surface area contributed by atoms with Gasteiger partial charge in [0, 0.05) is 28.4 Å². The van der Waals surface area contributed by atoms with E-state index in [0.717, 1.165) is 28.6 Å². The first-order valence-electron chi connectivity index (χ1n) is 6.69. The third kappa shape index (κ3) is 3.50. The number of hydrogen-bond acceptors (Lipinski definition) is 5. The van der Waals surface area contributed by atoms with Crippen molar-refractivity contribution in [2.75, 3.05) is 7.05 Å². The van der Waals surface area contributed by atoms with Crippen LogP contribution in [0.25, 0.3) is 10.6 Å². The first kappa shape index (κ1) is 14.3. The second-order valence-corrected chi connectivity index (χ2v) is 6.22. The minimum atomic E-state index is 0.501. The van der Waals surface area contributed by atoms with Crippen molar-refractivity contribution in [3.8, 4) is 16.3 Å². The Kier molecular flexibility index (Phi) is 4.65. The summed E-state index contributed by atoms with van der Waals surface area (Å²) in [5.74, 6) is 0.914. The van der Waals surface area contributed by atoms with Gasteiger partial charge in [0.1, 0.15) is 17.4 Å². The second kappa shape index (κ2) is 6.85. The molecule has 0 fully saturated rings. The average molecular weight is 316 g/mol. The van der Waals surface area contributed by atoms with Crippen LogP contribution in [0.15, 0.2) is 46.5 Å². The molecular weight excluding hydrogens is 300 g/mol. The Morgan fingerprint density at radius 3 is 2.90 bits per heavy atom. The standard InChI is InChI=1S/C16H16N2OS2/c1-17-8-12-4-2-3-5-15(12)19-9-14-11-21-16(18-14)13-6-7-20-10-13/h2-7,10-11,17H,8-9H2,1H3. The number of nitrogens with zero attached hydrogens (tertiary/aromatic N) is 1. The zero-order chi connectivity index (χ0) is 14.5. The maximum Gasteiger partial charge on any atom is 0.131 e. The fourth-order valence-corrected chi connectivity index (χ4v) is 3.54. The van der Waals surface area contributed by atoms with Crippen molar-refractivity contribution >= 4 is 22.7 Å². The number of para-hydroxylation sites is 1. The quantitative estimate of drug-likeness (QED) is 0.741. The van der Waals surface area contributed by atoms with Crippen molar-refractivity contribution in [2.45, 2.75) is 13.2 Å². The molecule has 2 heterocycles. The normalized spacial score (nSPS) is 10.7. The lowest BCUT2D eigenvalue weighted by atomic mass is 10.2. The van der Waals surface area contributed by atoms with E-state index in [4.69, 9.17) is 4.74 Å². The molecule has 21 heavy (non-hydrogen) atoms. The topological polar surface area (TPSA) is 34.1 Å². The largest absolute Gasteiger partial charge is 0.487 e. The molecule has 0 atom stereocenters. The summed E-state index contributed by atoms with van der Waals surface area (Å²) in [6.45, 7) is 1.30. The highest BCUT2D eigenvalue weighted by Crippen LogP contribution is 2.26. The van der Waals surface area contributed by atoms with E-state index in [1.165, 1.54) is 5.56 Å². The highest BCUT2D eigenvalue weighted by atomic mass is 32.1. The summed E-state index contributed by atoms with van der Waals surface area (Å²) in [6.07, 6.45) is 0. The predicted molar refractivity (Wildman–Crippen MR) is 89.0 cm³/mol. The molecule has 0 unspecified atom stereocenters. The van der Waals surface area contributed by atoms with Gasteiger partial charge in [-0.25, -0.2) is 4.98 Å². The van der Waals surface area contributed by atoms with Crippen molar-refractivity contribution in [1.29, 1.82) is 0 Å². The highest BCUT2D eigenvalue weighted by Gasteiger charge is 2.07. The number of hydrogen-bond donors (Lipinski definition) is 1. The van der Waals surface area contributed by atoms with Crippen LogP contribution >= 0.6 is 22.7 Å². The molecule has 3 nitrogen and oxygen atoms in total. The van der Waals surface area contributed by atoms with Crippen molar-refractivity contribution < 1.29 is 4.74 Å². The third-order valence-electron chi connectivity index (χ3n) is 3.04. The molecule has 0 saturated carbocycles. The van der Waals surface area contributed by atoms with Crippen LogP contribution in [0, 0.1) is 0 Å². The minimum Gasteiger partial charge on any atom is -0.487 e. The van der Waals surface area contributed by atoms with Crippen molar-refractivity contribution in [3.05, 3.63) is 57.7 Å². The molecule has 0 aliphatic carbocycles. The molecule has 3 rings (SSSR count). The van der Waals surface area contributed by atoms with E-state index in [2.05, 4.69) is 38.6 Å². The fourth-order valence-electron chi connectivity index (χ4n) is 2.02. The van der Waals surface area contributed by atoms with E-state index >= 15 is 0 Å². The van der Waals surface area contributed by atoms with E-state index in [9.17, 15) is 0 Å². The molecule has 3 aromatic rings. The van der Waals surface area contributed by atoms with Gasteiger partial charge in [-0.1, -0.05) is 18.2 Å². The van der Waals surface area contributed by atoms with Gasteiger partial charge in [-0.15, -0.1) is 11.3 Å². The summed E-state index contributed by atoms with van der Waals surface area (Å²) < 4.78 is 5.91. The van der Waals surface area contributed by atoms with E-state index in [1.807, 2.05) is 25.2 Å². The average Bonchev–Trinajstić information content (AvgIpc) is 3.18. The summed E-state index contributed by atoms with van der Waals surface area (Å²) in [5, 5.41) is 10.5. The van der Waals surface area contributed by atoms with Crippen LogP contribution in [0.1, 0.15) is 11.3 Å².